The van der Waals surface area contributed by atoms with Crippen LogP contribution < -0.4 is 0 Å². The van der Waals surface area contributed by atoms with Crippen molar-refractivity contribution in [2.24, 2.45) is 0 Å². The fourth-order valence-corrected chi connectivity index (χ4v) is 0.711. The summed E-state index contributed by atoms with van der Waals surface area (Å²) in [5.41, 5.74) is 0.852. The zero-order valence-corrected chi connectivity index (χ0v) is 6.61. The molecule has 0 saturated carbocycles. The minimum absolute atomic E-state index is 0.852. The van der Waals surface area contributed by atoms with Crippen molar-refractivity contribution in [1.29, 1.82) is 0 Å². The molecule has 0 radical (unpaired) electrons. The molecule has 3 nitrogen and oxygen atoms in total. The number of furan rings is 1. The van der Waals surface area contributed by atoms with Crippen LogP contribution in [-0.4, -0.2) is 9.97 Å². The van der Waals surface area contributed by atoms with Crippen molar-refractivity contribution in [2.75, 3.05) is 0 Å². The molecular formula is C8H10N2O. The summed E-state index contributed by atoms with van der Waals surface area (Å²) >= 11 is 0. The quantitative estimate of drug-likeness (QED) is 0.578. The molecule has 0 saturated heterocycles. The van der Waals surface area contributed by atoms with Gasteiger partial charge in [-0.3, -0.25) is 0 Å². The molecule has 2 aromatic heterocycles. The Hall–Kier alpha value is -1.38. The molecule has 58 valence electrons. The van der Waals surface area contributed by atoms with E-state index in [1.807, 2.05) is 13.8 Å². The van der Waals surface area contributed by atoms with Crippen LogP contribution >= 0.6 is 0 Å². The lowest BCUT2D eigenvalue weighted by Gasteiger charge is -1.79. The highest BCUT2D eigenvalue weighted by Gasteiger charge is 1.91. The number of hydrogen-bond acceptors (Lipinski definition) is 3. The van der Waals surface area contributed by atoms with Gasteiger partial charge in [-0.25, -0.2) is 9.97 Å². The van der Waals surface area contributed by atoms with Crippen LogP contribution in [0.1, 0.15) is 13.8 Å². The largest absolute Gasteiger partial charge is 0.470 e. The van der Waals surface area contributed by atoms with Crippen molar-refractivity contribution in [3.05, 3.63) is 25.1 Å². The average Bonchev–Trinajstić information content (AvgIpc) is 2.55. The van der Waals surface area contributed by atoms with Crippen LogP contribution in [0.5, 0.6) is 0 Å². The SMILES string of the molecule is CC.c1ncc2cocc2n1. The van der Waals surface area contributed by atoms with Gasteiger partial charge in [-0.1, -0.05) is 13.8 Å². The lowest BCUT2D eigenvalue weighted by Crippen LogP contribution is -1.72. The Morgan fingerprint density at radius 3 is 2.82 bits per heavy atom. The molecule has 0 spiro atoms. The van der Waals surface area contributed by atoms with Crippen LogP contribution in [-0.2, 0) is 0 Å². The van der Waals surface area contributed by atoms with E-state index in [2.05, 4.69) is 9.97 Å². The van der Waals surface area contributed by atoms with Crippen LogP contribution in [0.15, 0.2) is 29.5 Å². The highest BCUT2D eigenvalue weighted by molar-refractivity contribution is 5.75. The predicted octanol–water partition coefficient (Wildman–Crippen LogP) is 2.25. The Bertz CT molecular complexity index is 286. The fraction of sp³-hybridized carbons (Fsp3) is 0.250. The summed E-state index contributed by atoms with van der Waals surface area (Å²) in [6.45, 7) is 4.00. The third-order valence-electron chi connectivity index (χ3n) is 1.15. The van der Waals surface area contributed by atoms with Crippen molar-refractivity contribution in [2.45, 2.75) is 13.8 Å². The van der Waals surface area contributed by atoms with Crippen LogP contribution in [0.4, 0.5) is 0 Å². The molecule has 2 aromatic rings. The van der Waals surface area contributed by atoms with Crippen LogP contribution in [0.2, 0.25) is 0 Å². The van der Waals surface area contributed by atoms with Crippen LogP contribution in [0.3, 0.4) is 0 Å². The summed E-state index contributed by atoms with van der Waals surface area (Å²) in [6, 6.07) is 0. The summed E-state index contributed by atoms with van der Waals surface area (Å²) in [6.07, 6.45) is 6.43. The highest BCUT2D eigenvalue weighted by atomic mass is 16.3. The molecule has 0 N–H and O–H groups in total. The minimum atomic E-state index is 0.852. The second-order valence-electron chi connectivity index (χ2n) is 1.74. The van der Waals surface area contributed by atoms with Gasteiger partial charge in [0.25, 0.3) is 0 Å². The first kappa shape index (κ1) is 7.72. The standard InChI is InChI=1S/C6H4N2O.C2H6/c1-5-2-9-3-6(5)8-4-7-1;1-2/h1-4H;1-2H3. The van der Waals surface area contributed by atoms with Gasteiger partial charge in [0, 0.05) is 6.20 Å². The van der Waals surface area contributed by atoms with Gasteiger partial charge >= 0.3 is 0 Å². The summed E-state index contributed by atoms with van der Waals surface area (Å²) in [4.78, 5) is 7.75. The normalized spacial score (nSPS) is 8.91. The van der Waals surface area contributed by atoms with Gasteiger partial charge in [0.15, 0.2) is 0 Å². The molecule has 11 heavy (non-hydrogen) atoms. The first-order valence-electron chi connectivity index (χ1n) is 3.59. The van der Waals surface area contributed by atoms with Crippen molar-refractivity contribution in [1.82, 2.24) is 9.97 Å². The molecule has 2 rings (SSSR count). The van der Waals surface area contributed by atoms with E-state index in [1.54, 1.807) is 18.7 Å². The van der Waals surface area contributed by atoms with E-state index >= 15 is 0 Å². The zero-order valence-electron chi connectivity index (χ0n) is 6.61. The van der Waals surface area contributed by atoms with Gasteiger partial charge in [0.05, 0.1) is 5.39 Å². The Balaban J connectivity index is 0.000000281. The van der Waals surface area contributed by atoms with E-state index in [0.717, 1.165) is 10.9 Å². The molecule has 3 heteroatoms. The molecular weight excluding hydrogens is 140 g/mol. The average molecular weight is 150 g/mol. The monoisotopic (exact) mass is 150 g/mol. The first-order valence-corrected chi connectivity index (χ1v) is 3.59. The minimum Gasteiger partial charge on any atom is -0.470 e. The number of rotatable bonds is 0. The summed E-state index contributed by atoms with van der Waals surface area (Å²) < 4.78 is 4.86. The van der Waals surface area contributed by atoms with E-state index in [1.165, 1.54) is 6.33 Å². The second kappa shape index (κ2) is 3.71. The maximum Gasteiger partial charge on any atom is 0.117 e. The van der Waals surface area contributed by atoms with Gasteiger partial charge in [0.1, 0.15) is 24.4 Å². The Morgan fingerprint density at radius 1 is 1.27 bits per heavy atom. The van der Waals surface area contributed by atoms with Gasteiger partial charge in [-0.05, 0) is 0 Å². The van der Waals surface area contributed by atoms with E-state index < -0.39 is 0 Å². The van der Waals surface area contributed by atoms with Crippen molar-refractivity contribution >= 4 is 10.9 Å². The van der Waals surface area contributed by atoms with Crippen molar-refractivity contribution in [3.8, 4) is 0 Å². The summed E-state index contributed by atoms with van der Waals surface area (Å²) in [5.74, 6) is 0. The third kappa shape index (κ3) is 1.55. The molecule has 0 atom stereocenters. The van der Waals surface area contributed by atoms with Gasteiger partial charge in [0.2, 0.25) is 0 Å². The maximum absolute atomic E-state index is 4.86. The number of fused-ring (bicyclic) bond motifs is 1. The maximum atomic E-state index is 4.86. The lowest BCUT2D eigenvalue weighted by atomic mass is 10.4. The number of nitrogens with zero attached hydrogens (tertiary/aromatic N) is 2. The first-order chi connectivity index (χ1) is 5.47. The summed E-state index contributed by atoms with van der Waals surface area (Å²) in [7, 11) is 0. The molecule has 2 heterocycles. The number of aromatic nitrogens is 2. The zero-order chi connectivity index (χ0) is 8.10. The summed E-state index contributed by atoms with van der Waals surface area (Å²) in [5, 5.41) is 0.942. The van der Waals surface area contributed by atoms with Gasteiger partial charge < -0.3 is 4.42 Å². The second-order valence-corrected chi connectivity index (χ2v) is 1.74. The van der Waals surface area contributed by atoms with Crippen LogP contribution in [0.25, 0.3) is 10.9 Å². The van der Waals surface area contributed by atoms with Gasteiger partial charge in [-0.2, -0.15) is 0 Å². The highest BCUT2D eigenvalue weighted by Crippen LogP contribution is 2.08. The van der Waals surface area contributed by atoms with Crippen molar-refractivity contribution in [3.63, 3.8) is 0 Å². The molecule has 0 bridgehead atoms. The molecule has 0 amide bonds. The predicted molar refractivity (Wildman–Crippen MR) is 43.2 cm³/mol. The third-order valence-corrected chi connectivity index (χ3v) is 1.15. The van der Waals surface area contributed by atoms with E-state index in [0.29, 0.717) is 0 Å². The van der Waals surface area contributed by atoms with Crippen LogP contribution in [0, 0.1) is 0 Å². The molecule has 0 aliphatic carbocycles. The lowest BCUT2D eigenvalue weighted by molar-refractivity contribution is 0.572. The molecule has 0 aliphatic rings. The Morgan fingerprint density at radius 2 is 2.09 bits per heavy atom. The molecule has 0 aromatic carbocycles. The fourth-order valence-electron chi connectivity index (χ4n) is 0.711. The van der Waals surface area contributed by atoms with Gasteiger partial charge in [-0.15, -0.1) is 0 Å². The molecule has 0 unspecified atom stereocenters. The molecule has 0 aliphatic heterocycles. The van der Waals surface area contributed by atoms with E-state index in [4.69, 9.17) is 4.42 Å². The Labute approximate surface area is 65.1 Å². The molecule has 0 fully saturated rings. The topological polar surface area (TPSA) is 38.9 Å². The van der Waals surface area contributed by atoms with E-state index in [9.17, 15) is 0 Å². The van der Waals surface area contributed by atoms with Crippen molar-refractivity contribution < 1.29 is 4.42 Å². The number of hydrogen-bond donors (Lipinski definition) is 0. The van der Waals surface area contributed by atoms with E-state index in [-0.39, 0.29) is 0 Å². The smallest absolute Gasteiger partial charge is 0.117 e. The Kier molecular flexibility index (Phi) is 2.60.